The van der Waals surface area contributed by atoms with Gasteiger partial charge in [0, 0.05) is 13.7 Å². The molecule has 0 atom stereocenters. The fourth-order valence-electron chi connectivity index (χ4n) is 1.30. The lowest BCUT2D eigenvalue weighted by Gasteiger charge is -2.11. The van der Waals surface area contributed by atoms with Gasteiger partial charge >= 0.3 is 6.36 Å². The summed E-state index contributed by atoms with van der Waals surface area (Å²) in [5.41, 5.74) is -0.408. The van der Waals surface area contributed by atoms with E-state index in [0.717, 1.165) is 12.1 Å². The normalized spacial score (nSPS) is 11.2. The molecule has 1 aromatic carbocycles. The Kier molecular flexibility index (Phi) is 4.93. The highest BCUT2D eigenvalue weighted by Crippen LogP contribution is 2.31. The molecule has 0 saturated heterocycles. The average Bonchev–Trinajstić information content (AvgIpc) is 2.28. The lowest BCUT2D eigenvalue weighted by atomic mass is 10.2. The second kappa shape index (κ2) is 6.23. The molecule has 0 bridgehead atoms. The van der Waals surface area contributed by atoms with Crippen LogP contribution in [0.25, 0.3) is 0 Å². The van der Waals surface area contributed by atoms with Crippen LogP contribution in [0.1, 0.15) is 0 Å². The maximum atomic E-state index is 12.0. The first-order valence-electron chi connectivity index (χ1n) is 5.10. The summed E-state index contributed by atoms with van der Waals surface area (Å²) in [6.45, 7) is 0.592. The largest absolute Gasteiger partial charge is 0.573 e. The number of nitrogens with zero attached hydrogens (tertiary/aromatic N) is 1. The number of halogens is 3. The van der Waals surface area contributed by atoms with Gasteiger partial charge in [0.25, 0.3) is 5.69 Å². The molecule has 0 aliphatic carbocycles. The van der Waals surface area contributed by atoms with Crippen molar-refractivity contribution < 1.29 is 27.6 Å². The van der Waals surface area contributed by atoms with Gasteiger partial charge in [-0.05, 0) is 12.1 Å². The number of hydrogen-bond donors (Lipinski definition) is 1. The fourth-order valence-corrected chi connectivity index (χ4v) is 1.30. The molecular formula is C10H11F3N2O4. The van der Waals surface area contributed by atoms with E-state index in [1.807, 2.05) is 0 Å². The molecule has 9 heteroatoms. The summed E-state index contributed by atoms with van der Waals surface area (Å²) in [4.78, 5) is 9.98. The van der Waals surface area contributed by atoms with Crippen molar-refractivity contribution >= 4 is 11.4 Å². The third-order valence-electron chi connectivity index (χ3n) is 2.02. The minimum atomic E-state index is -4.89. The monoisotopic (exact) mass is 280 g/mol. The first kappa shape index (κ1) is 15.0. The van der Waals surface area contributed by atoms with Crippen molar-refractivity contribution in [1.29, 1.82) is 0 Å². The van der Waals surface area contributed by atoms with Crippen LogP contribution < -0.4 is 10.1 Å². The van der Waals surface area contributed by atoms with E-state index >= 15 is 0 Å². The molecule has 0 aromatic heterocycles. The topological polar surface area (TPSA) is 73.6 Å². The molecule has 0 aliphatic heterocycles. The van der Waals surface area contributed by atoms with E-state index in [4.69, 9.17) is 4.74 Å². The van der Waals surface area contributed by atoms with Gasteiger partial charge in [0.15, 0.2) is 0 Å². The molecule has 0 unspecified atom stereocenters. The van der Waals surface area contributed by atoms with E-state index in [2.05, 4.69) is 10.1 Å². The van der Waals surface area contributed by atoms with Crippen molar-refractivity contribution in [3.8, 4) is 5.75 Å². The van der Waals surface area contributed by atoms with Crippen molar-refractivity contribution in [3.63, 3.8) is 0 Å². The Morgan fingerprint density at radius 2 is 2.11 bits per heavy atom. The van der Waals surface area contributed by atoms with Gasteiger partial charge in [0.05, 0.1) is 17.6 Å². The van der Waals surface area contributed by atoms with Crippen molar-refractivity contribution in [2.45, 2.75) is 6.36 Å². The van der Waals surface area contributed by atoms with E-state index in [0.29, 0.717) is 12.7 Å². The minimum Gasteiger partial charge on any atom is -0.406 e. The Morgan fingerprint density at radius 1 is 1.42 bits per heavy atom. The van der Waals surface area contributed by atoms with E-state index in [1.165, 1.54) is 7.11 Å². The molecule has 1 aromatic rings. The van der Waals surface area contributed by atoms with Crippen LogP contribution in [0.15, 0.2) is 18.2 Å². The molecule has 0 radical (unpaired) electrons. The highest BCUT2D eigenvalue weighted by atomic mass is 19.4. The maximum Gasteiger partial charge on any atom is 0.573 e. The highest BCUT2D eigenvalue weighted by Gasteiger charge is 2.32. The zero-order valence-electron chi connectivity index (χ0n) is 9.86. The maximum absolute atomic E-state index is 12.0. The number of methoxy groups -OCH3 is 1. The van der Waals surface area contributed by atoms with Gasteiger partial charge in [-0.2, -0.15) is 0 Å². The predicted octanol–water partition coefficient (Wildman–Crippen LogP) is 2.55. The Balaban J connectivity index is 2.91. The average molecular weight is 280 g/mol. The molecule has 0 fully saturated rings. The number of benzene rings is 1. The van der Waals surface area contributed by atoms with E-state index < -0.39 is 22.7 Å². The van der Waals surface area contributed by atoms with Crippen molar-refractivity contribution in [2.75, 3.05) is 25.6 Å². The zero-order valence-corrected chi connectivity index (χ0v) is 9.86. The van der Waals surface area contributed by atoms with Gasteiger partial charge in [-0.25, -0.2) is 0 Å². The molecule has 106 valence electrons. The number of rotatable bonds is 6. The Hall–Kier alpha value is -2.03. The molecule has 0 saturated carbocycles. The van der Waals surface area contributed by atoms with Crippen LogP contribution in [-0.4, -0.2) is 31.5 Å². The third-order valence-corrected chi connectivity index (χ3v) is 2.02. The SMILES string of the molecule is COCCNc1ccc(OC(F)(F)F)cc1[N+](=O)[O-]. The van der Waals surface area contributed by atoms with Gasteiger partial charge in [-0.15, -0.1) is 13.2 Å². The second-order valence-electron chi connectivity index (χ2n) is 3.40. The standard InChI is InChI=1S/C10H11F3N2O4/c1-18-5-4-14-8-3-2-7(19-10(11,12)13)6-9(8)15(16)17/h2-3,6,14H,4-5H2,1H3. The van der Waals surface area contributed by atoms with Crippen LogP contribution in [0.4, 0.5) is 24.5 Å². The van der Waals surface area contributed by atoms with Crippen LogP contribution >= 0.6 is 0 Å². The molecule has 1 rings (SSSR count). The highest BCUT2D eigenvalue weighted by molar-refractivity contribution is 5.63. The van der Waals surface area contributed by atoms with Crippen molar-refractivity contribution in [2.24, 2.45) is 0 Å². The summed E-state index contributed by atoms with van der Waals surface area (Å²) in [6, 6.07) is 2.85. The van der Waals surface area contributed by atoms with Crippen LogP contribution in [0.2, 0.25) is 0 Å². The van der Waals surface area contributed by atoms with Crippen LogP contribution in [0.5, 0.6) is 5.75 Å². The minimum absolute atomic E-state index is 0.0941. The quantitative estimate of drug-likeness (QED) is 0.492. The van der Waals surface area contributed by atoms with Crippen LogP contribution in [0.3, 0.4) is 0 Å². The van der Waals surface area contributed by atoms with Crippen LogP contribution in [0, 0.1) is 10.1 Å². The molecule has 0 amide bonds. The van der Waals surface area contributed by atoms with E-state index in [1.54, 1.807) is 0 Å². The molecule has 6 nitrogen and oxygen atoms in total. The van der Waals surface area contributed by atoms with Crippen LogP contribution in [-0.2, 0) is 4.74 Å². The van der Waals surface area contributed by atoms with Gasteiger partial charge in [-0.3, -0.25) is 10.1 Å². The Bertz CT molecular complexity index is 451. The molecule has 19 heavy (non-hydrogen) atoms. The summed E-state index contributed by atoms with van der Waals surface area (Å²) < 4.78 is 44.4. The number of nitro groups is 1. The third kappa shape index (κ3) is 5.00. The predicted molar refractivity (Wildman–Crippen MR) is 60.1 cm³/mol. The van der Waals surface area contributed by atoms with E-state index in [-0.39, 0.29) is 12.2 Å². The molecule has 1 N–H and O–H groups in total. The molecule has 0 heterocycles. The Morgan fingerprint density at radius 3 is 2.63 bits per heavy atom. The first-order chi connectivity index (χ1) is 8.83. The number of ether oxygens (including phenoxy) is 2. The zero-order chi connectivity index (χ0) is 14.5. The Labute approximate surface area is 106 Å². The lowest BCUT2D eigenvalue weighted by Crippen LogP contribution is -2.17. The number of anilines is 1. The molecule has 0 spiro atoms. The summed E-state index contributed by atoms with van der Waals surface area (Å²) >= 11 is 0. The number of nitro benzene ring substituents is 1. The molecule has 0 aliphatic rings. The van der Waals surface area contributed by atoms with Gasteiger partial charge in [-0.1, -0.05) is 0 Å². The van der Waals surface area contributed by atoms with Gasteiger partial charge < -0.3 is 14.8 Å². The number of hydrogen-bond acceptors (Lipinski definition) is 5. The van der Waals surface area contributed by atoms with Crippen molar-refractivity contribution in [1.82, 2.24) is 0 Å². The summed E-state index contributed by atoms with van der Waals surface area (Å²) in [5, 5.41) is 13.5. The number of alkyl halides is 3. The smallest absolute Gasteiger partial charge is 0.406 e. The van der Waals surface area contributed by atoms with Crippen molar-refractivity contribution in [3.05, 3.63) is 28.3 Å². The summed E-state index contributed by atoms with van der Waals surface area (Å²) in [6.07, 6.45) is -4.89. The summed E-state index contributed by atoms with van der Waals surface area (Å²) in [5.74, 6) is -0.642. The van der Waals surface area contributed by atoms with E-state index in [9.17, 15) is 23.3 Å². The van der Waals surface area contributed by atoms with Gasteiger partial charge in [0.1, 0.15) is 11.4 Å². The second-order valence-corrected chi connectivity index (χ2v) is 3.40. The lowest BCUT2D eigenvalue weighted by molar-refractivity contribution is -0.384. The van der Waals surface area contributed by atoms with Gasteiger partial charge in [0.2, 0.25) is 0 Å². The molecular weight excluding hydrogens is 269 g/mol. The fraction of sp³-hybridized carbons (Fsp3) is 0.400. The number of nitrogens with one attached hydrogen (secondary N) is 1. The summed E-state index contributed by atoms with van der Waals surface area (Å²) in [7, 11) is 1.45. The first-order valence-corrected chi connectivity index (χ1v) is 5.10.